The lowest BCUT2D eigenvalue weighted by Crippen LogP contribution is -2.29. The fourth-order valence-corrected chi connectivity index (χ4v) is 3.96. The van der Waals surface area contributed by atoms with Crippen LogP contribution in [-0.4, -0.2) is 27.5 Å². The maximum Gasteiger partial charge on any atom is 0.261 e. The molecule has 3 aromatic rings. The molecule has 6 nitrogen and oxygen atoms in total. The number of amides is 1. The molecule has 0 aliphatic rings. The number of aryl methyl sites for hydroxylation is 2. The molecule has 31 heavy (non-hydrogen) atoms. The van der Waals surface area contributed by atoms with Gasteiger partial charge in [-0.15, -0.1) is 0 Å². The molecule has 0 unspecified atom stereocenters. The van der Waals surface area contributed by atoms with Crippen molar-refractivity contribution in [1.82, 2.24) is 5.32 Å². The quantitative estimate of drug-likeness (QED) is 0.516. The fourth-order valence-electron chi connectivity index (χ4n) is 2.88. The third-order valence-electron chi connectivity index (χ3n) is 4.51. The van der Waals surface area contributed by atoms with Crippen LogP contribution in [0.25, 0.3) is 0 Å². The van der Waals surface area contributed by atoms with E-state index in [4.69, 9.17) is 4.74 Å². The van der Waals surface area contributed by atoms with Crippen LogP contribution in [0.1, 0.15) is 21.5 Å². The van der Waals surface area contributed by atoms with Crippen LogP contribution in [0.15, 0.2) is 71.6 Å². The maximum atomic E-state index is 13.0. The normalized spacial score (nSPS) is 11.1. The van der Waals surface area contributed by atoms with Gasteiger partial charge in [0.1, 0.15) is 18.2 Å². The first-order valence-corrected chi connectivity index (χ1v) is 11.1. The fraction of sp³-hybridized carbons (Fsp3) is 0.174. The summed E-state index contributed by atoms with van der Waals surface area (Å²) in [6.45, 7) is 4.22. The van der Waals surface area contributed by atoms with Crippen LogP contribution in [0.4, 0.5) is 10.1 Å². The summed E-state index contributed by atoms with van der Waals surface area (Å²) in [5.74, 6) is -0.154. The molecule has 0 saturated carbocycles. The Labute approximate surface area is 181 Å². The lowest BCUT2D eigenvalue weighted by Gasteiger charge is -2.12. The standard InChI is InChI=1S/C23H23FN2O4S/c1-16-4-3-5-20(14-16)30-13-12-25-23(27)22-15-21(11-6-17(22)2)31(28,29)26-19-9-7-18(24)8-10-19/h3-11,14-15,26H,12-13H2,1-2H3,(H,25,27). The van der Waals surface area contributed by atoms with Crippen LogP contribution < -0.4 is 14.8 Å². The summed E-state index contributed by atoms with van der Waals surface area (Å²) in [7, 11) is -3.94. The van der Waals surface area contributed by atoms with E-state index in [1.54, 1.807) is 13.0 Å². The number of hydrogen-bond acceptors (Lipinski definition) is 4. The molecule has 0 spiro atoms. The Morgan fingerprint density at radius 1 is 1.00 bits per heavy atom. The monoisotopic (exact) mass is 442 g/mol. The highest BCUT2D eigenvalue weighted by Gasteiger charge is 2.18. The van der Waals surface area contributed by atoms with E-state index in [1.807, 2.05) is 31.2 Å². The molecule has 8 heteroatoms. The van der Waals surface area contributed by atoms with E-state index in [9.17, 15) is 17.6 Å². The summed E-state index contributed by atoms with van der Waals surface area (Å²) in [6.07, 6.45) is 0. The van der Waals surface area contributed by atoms with Crippen molar-refractivity contribution < 1.29 is 22.3 Å². The van der Waals surface area contributed by atoms with Gasteiger partial charge in [-0.3, -0.25) is 9.52 Å². The van der Waals surface area contributed by atoms with Crippen molar-refractivity contribution in [2.75, 3.05) is 17.9 Å². The third kappa shape index (κ3) is 6.05. The van der Waals surface area contributed by atoms with E-state index in [2.05, 4.69) is 10.0 Å². The Bertz CT molecular complexity index is 1180. The molecule has 3 rings (SSSR count). The summed E-state index contributed by atoms with van der Waals surface area (Å²) in [4.78, 5) is 12.5. The second-order valence-electron chi connectivity index (χ2n) is 7.01. The van der Waals surface area contributed by atoms with Crippen LogP contribution in [0.2, 0.25) is 0 Å². The summed E-state index contributed by atoms with van der Waals surface area (Å²) < 4.78 is 46.3. The zero-order valence-corrected chi connectivity index (χ0v) is 18.0. The van der Waals surface area contributed by atoms with Crippen LogP contribution in [0.5, 0.6) is 5.75 Å². The first-order valence-electron chi connectivity index (χ1n) is 9.61. The zero-order chi connectivity index (χ0) is 22.4. The Balaban J connectivity index is 1.65. The van der Waals surface area contributed by atoms with Gasteiger partial charge in [0.15, 0.2) is 0 Å². The Kier molecular flexibility index (Phi) is 6.91. The van der Waals surface area contributed by atoms with Crippen molar-refractivity contribution in [2.24, 2.45) is 0 Å². The minimum atomic E-state index is -3.94. The van der Waals surface area contributed by atoms with Gasteiger partial charge in [-0.05, 0) is 73.5 Å². The van der Waals surface area contributed by atoms with Crippen molar-refractivity contribution in [1.29, 1.82) is 0 Å². The van der Waals surface area contributed by atoms with Gasteiger partial charge in [-0.25, -0.2) is 12.8 Å². The van der Waals surface area contributed by atoms with Crippen molar-refractivity contribution in [3.05, 3.63) is 89.2 Å². The SMILES string of the molecule is Cc1cccc(OCCNC(=O)c2cc(S(=O)(=O)Nc3ccc(F)cc3)ccc2C)c1. The number of ether oxygens (including phenoxy) is 1. The van der Waals surface area contributed by atoms with Gasteiger partial charge < -0.3 is 10.1 Å². The van der Waals surface area contributed by atoms with Crippen molar-refractivity contribution in [3.63, 3.8) is 0 Å². The second-order valence-corrected chi connectivity index (χ2v) is 8.69. The number of carbonyl (C=O) groups is 1. The first-order chi connectivity index (χ1) is 14.7. The molecule has 0 aliphatic heterocycles. The molecular weight excluding hydrogens is 419 g/mol. The smallest absolute Gasteiger partial charge is 0.261 e. The summed E-state index contributed by atoms with van der Waals surface area (Å²) >= 11 is 0. The minimum absolute atomic E-state index is 0.0661. The van der Waals surface area contributed by atoms with Gasteiger partial charge in [-0.1, -0.05) is 18.2 Å². The molecule has 3 aromatic carbocycles. The number of sulfonamides is 1. The molecule has 0 bridgehead atoms. The number of benzene rings is 3. The minimum Gasteiger partial charge on any atom is -0.492 e. The number of nitrogens with one attached hydrogen (secondary N) is 2. The maximum absolute atomic E-state index is 13.0. The molecule has 0 radical (unpaired) electrons. The van der Waals surface area contributed by atoms with Gasteiger partial charge >= 0.3 is 0 Å². The molecule has 0 heterocycles. The second kappa shape index (κ2) is 9.61. The van der Waals surface area contributed by atoms with Crippen LogP contribution in [0.3, 0.4) is 0 Å². The summed E-state index contributed by atoms with van der Waals surface area (Å²) in [6, 6.07) is 16.8. The number of anilines is 1. The van der Waals surface area contributed by atoms with Crippen molar-refractivity contribution in [2.45, 2.75) is 18.7 Å². The molecular formula is C23H23FN2O4S. The van der Waals surface area contributed by atoms with Gasteiger partial charge in [-0.2, -0.15) is 0 Å². The van der Waals surface area contributed by atoms with Crippen LogP contribution in [-0.2, 0) is 10.0 Å². The lowest BCUT2D eigenvalue weighted by molar-refractivity contribution is 0.0946. The van der Waals surface area contributed by atoms with Crippen molar-refractivity contribution >= 4 is 21.6 Å². The van der Waals surface area contributed by atoms with Gasteiger partial charge in [0.25, 0.3) is 15.9 Å². The molecule has 0 aliphatic carbocycles. The van der Waals surface area contributed by atoms with Crippen LogP contribution in [0, 0.1) is 19.7 Å². The molecule has 2 N–H and O–H groups in total. The van der Waals surface area contributed by atoms with Gasteiger partial charge in [0, 0.05) is 11.3 Å². The van der Waals surface area contributed by atoms with Crippen molar-refractivity contribution in [3.8, 4) is 5.75 Å². The molecule has 0 atom stereocenters. The van der Waals surface area contributed by atoms with E-state index < -0.39 is 21.7 Å². The highest BCUT2D eigenvalue weighted by atomic mass is 32.2. The van der Waals surface area contributed by atoms with Gasteiger partial charge in [0.05, 0.1) is 11.4 Å². The topological polar surface area (TPSA) is 84.5 Å². The summed E-state index contributed by atoms with van der Waals surface area (Å²) in [5.41, 5.74) is 2.18. The highest BCUT2D eigenvalue weighted by Crippen LogP contribution is 2.20. The van der Waals surface area contributed by atoms with E-state index in [-0.39, 0.29) is 29.3 Å². The third-order valence-corrected chi connectivity index (χ3v) is 5.89. The average Bonchev–Trinajstić information content (AvgIpc) is 2.73. The van der Waals surface area contributed by atoms with Gasteiger partial charge in [0.2, 0.25) is 0 Å². The number of carbonyl (C=O) groups excluding carboxylic acids is 1. The Morgan fingerprint density at radius 2 is 1.74 bits per heavy atom. The predicted octanol–water partition coefficient (Wildman–Crippen LogP) is 4.05. The lowest BCUT2D eigenvalue weighted by atomic mass is 10.1. The molecule has 162 valence electrons. The highest BCUT2D eigenvalue weighted by molar-refractivity contribution is 7.92. The number of hydrogen-bond donors (Lipinski definition) is 2. The average molecular weight is 443 g/mol. The molecule has 0 saturated heterocycles. The van der Waals surface area contributed by atoms with E-state index >= 15 is 0 Å². The van der Waals surface area contributed by atoms with E-state index in [0.717, 1.165) is 17.7 Å². The molecule has 0 aromatic heterocycles. The number of halogens is 1. The predicted molar refractivity (Wildman–Crippen MR) is 117 cm³/mol. The first kappa shape index (κ1) is 22.3. The van der Waals surface area contributed by atoms with E-state index in [0.29, 0.717) is 11.3 Å². The Morgan fingerprint density at radius 3 is 2.45 bits per heavy atom. The van der Waals surface area contributed by atoms with E-state index in [1.165, 1.54) is 24.3 Å². The summed E-state index contributed by atoms with van der Waals surface area (Å²) in [5, 5.41) is 2.74. The number of rotatable bonds is 8. The largest absolute Gasteiger partial charge is 0.492 e. The zero-order valence-electron chi connectivity index (χ0n) is 17.2. The van der Waals surface area contributed by atoms with Crippen LogP contribution >= 0.6 is 0 Å². The molecule has 0 fully saturated rings. The molecule has 1 amide bonds. The Hall–Kier alpha value is -3.39.